The Bertz CT molecular complexity index is 493. The van der Waals surface area contributed by atoms with E-state index < -0.39 is 0 Å². The molecular formula is C12H12ClN3S. The van der Waals surface area contributed by atoms with Gasteiger partial charge in [-0.1, -0.05) is 30.3 Å². The Balaban J connectivity index is 2.16. The number of hydrogen-bond donors (Lipinski definition) is 1. The summed E-state index contributed by atoms with van der Waals surface area (Å²) < 4.78 is 0. The Morgan fingerprint density at radius 2 is 2.41 bits per heavy atom. The fraction of sp³-hybridized carbons (Fsp3) is 0.333. The standard InChI is InChI=1S/C12H12ClN3S/c1-8-6-15-12(17-7-8)16-11-4-9(5-14)2-3-10(11)13/h2-4,8H,6-7H2,1H3,(H,15,16). The van der Waals surface area contributed by atoms with Crippen molar-refractivity contribution in [1.82, 2.24) is 0 Å². The van der Waals surface area contributed by atoms with Crippen molar-refractivity contribution in [3.8, 4) is 6.07 Å². The number of nitrogens with zero attached hydrogens (tertiary/aromatic N) is 2. The predicted molar refractivity (Wildman–Crippen MR) is 73.7 cm³/mol. The molecule has 0 bridgehead atoms. The second-order valence-corrected chi connectivity index (χ2v) is 5.41. The molecule has 88 valence electrons. The van der Waals surface area contributed by atoms with Gasteiger partial charge in [0.05, 0.1) is 22.3 Å². The third kappa shape index (κ3) is 3.15. The van der Waals surface area contributed by atoms with Gasteiger partial charge < -0.3 is 5.32 Å². The monoisotopic (exact) mass is 265 g/mol. The number of hydrogen-bond acceptors (Lipinski definition) is 4. The highest BCUT2D eigenvalue weighted by atomic mass is 35.5. The van der Waals surface area contributed by atoms with E-state index in [9.17, 15) is 0 Å². The van der Waals surface area contributed by atoms with Gasteiger partial charge >= 0.3 is 0 Å². The summed E-state index contributed by atoms with van der Waals surface area (Å²) in [4.78, 5) is 4.43. The maximum atomic E-state index is 8.84. The van der Waals surface area contributed by atoms with Gasteiger partial charge in [-0.05, 0) is 24.1 Å². The molecule has 1 aliphatic rings. The largest absolute Gasteiger partial charge is 0.334 e. The van der Waals surface area contributed by atoms with Crippen LogP contribution in [0.5, 0.6) is 0 Å². The zero-order chi connectivity index (χ0) is 12.3. The summed E-state index contributed by atoms with van der Waals surface area (Å²) in [6.07, 6.45) is 0. The van der Waals surface area contributed by atoms with Gasteiger partial charge in [0.1, 0.15) is 0 Å². The van der Waals surface area contributed by atoms with Gasteiger partial charge in [0.15, 0.2) is 5.17 Å². The topological polar surface area (TPSA) is 48.2 Å². The molecule has 0 saturated heterocycles. The minimum atomic E-state index is 0.590. The quantitative estimate of drug-likeness (QED) is 0.847. The number of anilines is 1. The van der Waals surface area contributed by atoms with Crippen molar-refractivity contribution in [2.75, 3.05) is 17.6 Å². The molecule has 1 atom stereocenters. The number of nitrogens with one attached hydrogen (secondary N) is 1. The summed E-state index contributed by atoms with van der Waals surface area (Å²) in [6, 6.07) is 7.25. The van der Waals surface area contributed by atoms with Crippen molar-refractivity contribution in [1.29, 1.82) is 5.26 Å². The first-order valence-electron chi connectivity index (χ1n) is 5.33. The molecule has 1 unspecified atom stereocenters. The van der Waals surface area contributed by atoms with Crippen LogP contribution in [-0.4, -0.2) is 17.5 Å². The van der Waals surface area contributed by atoms with Crippen molar-refractivity contribution in [2.45, 2.75) is 6.92 Å². The highest BCUT2D eigenvalue weighted by molar-refractivity contribution is 8.14. The average molecular weight is 266 g/mol. The van der Waals surface area contributed by atoms with E-state index in [1.807, 2.05) is 0 Å². The van der Waals surface area contributed by atoms with Crippen molar-refractivity contribution >= 4 is 34.2 Å². The minimum Gasteiger partial charge on any atom is -0.334 e. The first-order valence-corrected chi connectivity index (χ1v) is 6.69. The van der Waals surface area contributed by atoms with Crippen LogP contribution in [0.25, 0.3) is 0 Å². The molecule has 0 aliphatic carbocycles. The number of halogens is 1. The minimum absolute atomic E-state index is 0.590. The van der Waals surface area contributed by atoms with E-state index in [4.69, 9.17) is 16.9 Å². The SMILES string of the molecule is CC1CN=C(Nc2cc(C#N)ccc2Cl)SC1. The van der Waals surface area contributed by atoms with Crippen LogP contribution in [0.15, 0.2) is 23.2 Å². The molecule has 1 heterocycles. The Morgan fingerprint density at radius 1 is 1.59 bits per heavy atom. The third-order valence-electron chi connectivity index (χ3n) is 2.39. The highest BCUT2D eigenvalue weighted by Crippen LogP contribution is 2.26. The van der Waals surface area contributed by atoms with Crippen LogP contribution >= 0.6 is 23.4 Å². The number of thioether (sulfide) groups is 1. The van der Waals surface area contributed by atoms with Gasteiger partial charge in [-0.15, -0.1) is 0 Å². The van der Waals surface area contributed by atoms with E-state index >= 15 is 0 Å². The Labute approximate surface area is 110 Å². The van der Waals surface area contributed by atoms with Gasteiger partial charge in [0.25, 0.3) is 0 Å². The zero-order valence-electron chi connectivity index (χ0n) is 9.40. The van der Waals surface area contributed by atoms with Gasteiger partial charge in [-0.25, -0.2) is 0 Å². The molecule has 1 aromatic carbocycles. The summed E-state index contributed by atoms with van der Waals surface area (Å²) in [5.74, 6) is 1.67. The second kappa shape index (κ2) is 5.44. The zero-order valence-corrected chi connectivity index (χ0v) is 11.0. The van der Waals surface area contributed by atoms with E-state index in [2.05, 4.69) is 23.3 Å². The van der Waals surface area contributed by atoms with Crippen molar-refractivity contribution in [3.63, 3.8) is 0 Å². The van der Waals surface area contributed by atoms with Gasteiger partial charge in [-0.2, -0.15) is 5.26 Å². The average Bonchev–Trinajstić information content (AvgIpc) is 2.35. The molecule has 1 N–H and O–H groups in total. The summed E-state index contributed by atoms with van der Waals surface area (Å²) >= 11 is 7.75. The molecule has 0 fully saturated rings. The fourth-order valence-corrected chi connectivity index (χ4v) is 2.50. The van der Waals surface area contributed by atoms with Crippen LogP contribution in [0, 0.1) is 17.2 Å². The first kappa shape index (κ1) is 12.3. The van der Waals surface area contributed by atoms with E-state index in [0.717, 1.165) is 23.2 Å². The van der Waals surface area contributed by atoms with Crippen molar-refractivity contribution < 1.29 is 0 Å². The van der Waals surface area contributed by atoms with Gasteiger partial charge in [-0.3, -0.25) is 4.99 Å². The summed E-state index contributed by atoms with van der Waals surface area (Å²) in [6.45, 7) is 3.02. The Kier molecular flexibility index (Phi) is 3.93. The first-order chi connectivity index (χ1) is 8.19. The maximum Gasteiger partial charge on any atom is 0.161 e. The van der Waals surface area contributed by atoms with E-state index in [0.29, 0.717) is 16.5 Å². The Morgan fingerprint density at radius 3 is 3.06 bits per heavy atom. The second-order valence-electron chi connectivity index (χ2n) is 3.99. The molecule has 3 nitrogen and oxygen atoms in total. The number of rotatable bonds is 1. The highest BCUT2D eigenvalue weighted by Gasteiger charge is 2.13. The predicted octanol–water partition coefficient (Wildman–Crippen LogP) is 3.36. The van der Waals surface area contributed by atoms with Crippen LogP contribution in [0.4, 0.5) is 5.69 Å². The molecule has 2 rings (SSSR count). The molecule has 0 saturated carbocycles. The lowest BCUT2D eigenvalue weighted by Gasteiger charge is -2.18. The summed E-state index contributed by atoms with van der Waals surface area (Å²) in [5, 5.41) is 13.5. The Hall–Kier alpha value is -1.18. The van der Waals surface area contributed by atoms with Crippen LogP contribution < -0.4 is 5.32 Å². The molecule has 1 aromatic rings. The number of amidine groups is 1. The smallest absolute Gasteiger partial charge is 0.161 e. The molecule has 0 amide bonds. The summed E-state index contributed by atoms with van der Waals surface area (Å²) in [5.41, 5.74) is 1.33. The van der Waals surface area contributed by atoms with E-state index in [1.165, 1.54) is 0 Å². The lowest BCUT2D eigenvalue weighted by atomic mass is 10.2. The summed E-state index contributed by atoms with van der Waals surface area (Å²) in [7, 11) is 0. The molecule has 5 heteroatoms. The normalized spacial score (nSPS) is 19.4. The van der Waals surface area contributed by atoms with Crippen molar-refractivity contribution in [3.05, 3.63) is 28.8 Å². The van der Waals surface area contributed by atoms with Crippen LogP contribution in [0.3, 0.4) is 0 Å². The third-order valence-corrected chi connectivity index (χ3v) is 3.96. The maximum absolute atomic E-state index is 8.84. The molecular weight excluding hydrogens is 254 g/mol. The van der Waals surface area contributed by atoms with Crippen LogP contribution in [0.1, 0.15) is 12.5 Å². The van der Waals surface area contributed by atoms with Gasteiger partial charge in [0.2, 0.25) is 0 Å². The molecule has 1 aliphatic heterocycles. The van der Waals surface area contributed by atoms with Gasteiger partial charge in [0, 0.05) is 12.3 Å². The van der Waals surface area contributed by atoms with Crippen molar-refractivity contribution in [2.24, 2.45) is 10.9 Å². The lowest BCUT2D eigenvalue weighted by Crippen LogP contribution is -2.18. The van der Waals surface area contributed by atoms with Crippen LogP contribution in [-0.2, 0) is 0 Å². The van der Waals surface area contributed by atoms with E-state index in [-0.39, 0.29) is 0 Å². The van der Waals surface area contributed by atoms with Crippen LogP contribution in [0.2, 0.25) is 5.02 Å². The molecule has 0 spiro atoms. The fourth-order valence-electron chi connectivity index (χ4n) is 1.44. The van der Waals surface area contributed by atoms with E-state index in [1.54, 1.807) is 30.0 Å². The number of aliphatic imine (C=N–C) groups is 1. The molecule has 17 heavy (non-hydrogen) atoms. The number of benzene rings is 1. The lowest BCUT2D eigenvalue weighted by molar-refractivity contribution is 0.674. The molecule has 0 aromatic heterocycles. The number of nitriles is 1. The molecule has 0 radical (unpaired) electrons.